The van der Waals surface area contributed by atoms with Crippen LogP contribution in [0.5, 0.6) is 0 Å². The van der Waals surface area contributed by atoms with E-state index < -0.39 is 0 Å². The number of ether oxygens (including phenoxy) is 1. The molecular formula is C22H24N4O3S. The average molecular weight is 425 g/mol. The van der Waals surface area contributed by atoms with Crippen LogP contribution < -0.4 is 5.32 Å². The van der Waals surface area contributed by atoms with E-state index in [0.717, 1.165) is 17.0 Å². The second kappa shape index (κ2) is 10.1. The normalized spacial score (nSPS) is 10.6. The summed E-state index contributed by atoms with van der Waals surface area (Å²) in [6.45, 7) is 6.85. The molecule has 3 rings (SSSR count). The van der Waals surface area contributed by atoms with E-state index in [2.05, 4.69) is 21.6 Å². The van der Waals surface area contributed by atoms with Gasteiger partial charge in [-0.1, -0.05) is 35.5 Å². The number of thioether (sulfide) groups is 1. The van der Waals surface area contributed by atoms with Crippen molar-refractivity contribution in [2.45, 2.75) is 32.5 Å². The molecule has 0 saturated carbocycles. The van der Waals surface area contributed by atoms with E-state index in [4.69, 9.17) is 4.74 Å². The van der Waals surface area contributed by atoms with Crippen molar-refractivity contribution in [1.82, 2.24) is 14.8 Å². The third kappa shape index (κ3) is 5.27. The average Bonchev–Trinajstić information content (AvgIpc) is 3.16. The fourth-order valence-electron chi connectivity index (χ4n) is 2.91. The first kappa shape index (κ1) is 21.6. The second-order valence-electron chi connectivity index (χ2n) is 6.55. The van der Waals surface area contributed by atoms with Crippen molar-refractivity contribution in [2.75, 3.05) is 17.7 Å². The van der Waals surface area contributed by atoms with Gasteiger partial charge in [0.25, 0.3) is 0 Å². The van der Waals surface area contributed by atoms with Crippen molar-refractivity contribution in [1.29, 1.82) is 0 Å². The molecule has 0 fully saturated rings. The van der Waals surface area contributed by atoms with Crippen molar-refractivity contribution < 1.29 is 14.3 Å². The molecule has 0 bridgehead atoms. The lowest BCUT2D eigenvalue weighted by atomic mass is 10.1. The van der Waals surface area contributed by atoms with Crippen LogP contribution in [-0.4, -0.2) is 39.0 Å². The summed E-state index contributed by atoms with van der Waals surface area (Å²) in [4.78, 5) is 24.0. The number of esters is 1. The zero-order valence-electron chi connectivity index (χ0n) is 17.2. The van der Waals surface area contributed by atoms with E-state index >= 15 is 0 Å². The van der Waals surface area contributed by atoms with Crippen molar-refractivity contribution in [3.63, 3.8) is 0 Å². The van der Waals surface area contributed by atoms with Gasteiger partial charge >= 0.3 is 5.97 Å². The van der Waals surface area contributed by atoms with Crippen molar-refractivity contribution in [3.8, 4) is 11.4 Å². The van der Waals surface area contributed by atoms with Crippen LogP contribution >= 0.6 is 11.8 Å². The summed E-state index contributed by atoms with van der Waals surface area (Å²) in [5.41, 5.74) is 3.22. The fraction of sp³-hybridized carbons (Fsp3) is 0.273. The van der Waals surface area contributed by atoms with Gasteiger partial charge in [-0.3, -0.25) is 4.79 Å². The van der Waals surface area contributed by atoms with Crippen LogP contribution in [0.15, 0.2) is 53.7 Å². The number of aryl methyl sites for hydroxylation is 1. The van der Waals surface area contributed by atoms with Gasteiger partial charge < -0.3 is 14.6 Å². The molecule has 0 aliphatic rings. The molecule has 1 aromatic heterocycles. The molecule has 3 aromatic rings. The molecule has 8 heteroatoms. The van der Waals surface area contributed by atoms with Crippen molar-refractivity contribution in [3.05, 3.63) is 59.7 Å². The number of carbonyl (C=O) groups is 2. The maximum Gasteiger partial charge on any atom is 0.338 e. The summed E-state index contributed by atoms with van der Waals surface area (Å²) < 4.78 is 6.95. The Balaban J connectivity index is 1.62. The largest absolute Gasteiger partial charge is 0.462 e. The van der Waals surface area contributed by atoms with E-state index in [1.54, 1.807) is 31.2 Å². The Morgan fingerprint density at radius 3 is 2.53 bits per heavy atom. The number of rotatable bonds is 8. The standard InChI is InChI=1S/C22H24N4O3S/c1-4-26-20(17-8-6-7-15(3)13-17)24-25-22(26)30-14-19(27)23-18-11-9-16(10-12-18)21(28)29-5-2/h6-13H,4-5,14H2,1-3H3,(H,23,27). The fourth-order valence-corrected chi connectivity index (χ4v) is 3.71. The summed E-state index contributed by atoms with van der Waals surface area (Å²) in [5.74, 6) is 0.450. The topological polar surface area (TPSA) is 86.1 Å². The lowest BCUT2D eigenvalue weighted by molar-refractivity contribution is -0.113. The number of hydrogen-bond acceptors (Lipinski definition) is 6. The van der Waals surface area contributed by atoms with Crippen LogP contribution in [0.3, 0.4) is 0 Å². The van der Waals surface area contributed by atoms with Crippen LogP contribution in [0, 0.1) is 6.92 Å². The van der Waals surface area contributed by atoms with Gasteiger partial charge in [-0.25, -0.2) is 4.79 Å². The minimum Gasteiger partial charge on any atom is -0.462 e. The number of nitrogens with one attached hydrogen (secondary N) is 1. The predicted molar refractivity (Wildman–Crippen MR) is 118 cm³/mol. The molecule has 0 unspecified atom stereocenters. The molecule has 0 saturated heterocycles. The van der Waals surface area contributed by atoms with Gasteiger partial charge in [0, 0.05) is 17.8 Å². The SMILES string of the molecule is CCOC(=O)c1ccc(NC(=O)CSc2nnc(-c3cccc(C)c3)n2CC)cc1. The highest BCUT2D eigenvalue weighted by atomic mass is 32.2. The Morgan fingerprint density at radius 1 is 1.10 bits per heavy atom. The van der Waals surface area contributed by atoms with Gasteiger partial charge in [0.2, 0.25) is 5.91 Å². The van der Waals surface area contributed by atoms with Crippen LogP contribution in [-0.2, 0) is 16.1 Å². The first-order chi connectivity index (χ1) is 14.5. The minimum absolute atomic E-state index is 0.161. The highest BCUT2D eigenvalue weighted by molar-refractivity contribution is 7.99. The number of anilines is 1. The number of amides is 1. The molecular weight excluding hydrogens is 400 g/mol. The Bertz CT molecular complexity index is 1030. The summed E-state index contributed by atoms with van der Waals surface area (Å²) in [6, 6.07) is 14.7. The molecule has 0 atom stereocenters. The van der Waals surface area contributed by atoms with E-state index in [1.165, 1.54) is 11.8 Å². The van der Waals surface area contributed by atoms with Gasteiger partial charge in [-0.15, -0.1) is 10.2 Å². The van der Waals surface area contributed by atoms with Crippen LogP contribution in [0.25, 0.3) is 11.4 Å². The monoisotopic (exact) mass is 424 g/mol. The van der Waals surface area contributed by atoms with E-state index in [0.29, 0.717) is 29.6 Å². The molecule has 1 N–H and O–H groups in total. The summed E-state index contributed by atoms with van der Waals surface area (Å²) >= 11 is 1.34. The molecule has 1 amide bonds. The van der Waals surface area contributed by atoms with Gasteiger partial charge in [0.1, 0.15) is 0 Å². The molecule has 0 spiro atoms. The molecule has 2 aromatic carbocycles. The number of hydrogen-bond donors (Lipinski definition) is 1. The van der Waals surface area contributed by atoms with Crippen LogP contribution in [0.1, 0.15) is 29.8 Å². The maximum absolute atomic E-state index is 12.3. The Hall–Kier alpha value is -3.13. The Kier molecular flexibility index (Phi) is 7.24. The Morgan fingerprint density at radius 2 is 1.87 bits per heavy atom. The van der Waals surface area contributed by atoms with Crippen molar-refractivity contribution in [2.24, 2.45) is 0 Å². The van der Waals surface area contributed by atoms with Crippen LogP contribution in [0.4, 0.5) is 5.69 Å². The number of carbonyl (C=O) groups excluding carboxylic acids is 2. The van der Waals surface area contributed by atoms with Gasteiger partial charge in [0.05, 0.1) is 17.9 Å². The van der Waals surface area contributed by atoms with Gasteiger partial charge in [-0.05, 0) is 51.1 Å². The number of nitrogens with zero attached hydrogens (tertiary/aromatic N) is 3. The van der Waals surface area contributed by atoms with Crippen LogP contribution in [0.2, 0.25) is 0 Å². The maximum atomic E-state index is 12.3. The molecule has 1 heterocycles. The lowest BCUT2D eigenvalue weighted by Gasteiger charge is -2.08. The van der Waals surface area contributed by atoms with Gasteiger partial charge in [-0.2, -0.15) is 0 Å². The smallest absolute Gasteiger partial charge is 0.338 e. The van der Waals surface area contributed by atoms with Crippen molar-refractivity contribution >= 4 is 29.3 Å². The quantitative estimate of drug-likeness (QED) is 0.431. The molecule has 7 nitrogen and oxygen atoms in total. The molecule has 0 aliphatic carbocycles. The highest BCUT2D eigenvalue weighted by Gasteiger charge is 2.15. The highest BCUT2D eigenvalue weighted by Crippen LogP contribution is 2.24. The zero-order valence-corrected chi connectivity index (χ0v) is 18.0. The molecule has 156 valence electrons. The Labute approximate surface area is 179 Å². The summed E-state index contributed by atoms with van der Waals surface area (Å²) in [7, 11) is 0. The summed E-state index contributed by atoms with van der Waals surface area (Å²) in [5, 5.41) is 12.1. The predicted octanol–water partition coefficient (Wildman–Crippen LogP) is 4.18. The third-order valence-electron chi connectivity index (χ3n) is 4.32. The number of aromatic nitrogens is 3. The first-order valence-corrected chi connectivity index (χ1v) is 10.7. The molecule has 0 radical (unpaired) electrons. The zero-order chi connectivity index (χ0) is 21.5. The second-order valence-corrected chi connectivity index (χ2v) is 7.50. The first-order valence-electron chi connectivity index (χ1n) is 9.72. The van der Waals surface area contributed by atoms with E-state index in [-0.39, 0.29) is 17.6 Å². The third-order valence-corrected chi connectivity index (χ3v) is 5.29. The summed E-state index contributed by atoms with van der Waals surface area (Å²) in [6.07, 6.45) is 0. The van der Waals surface area contributed by atoms with E-state index in [9.17, 15) is 9.59 Å². The lowest BCUT2D eigenvalue weighted by Crippen LogP contribution is -2.15. The molecule has 0 aliphatic heterocycles. The number of benzene rings is 2. The molecule has 30 heavy (non-hydrogen) atoms. The van der Waals surface area contributed by atoms with E-state index in [1.807, 2.05) is 36.6 Å². The van der Waals surface area contributed by atoms with Gasteiger partial charge in [0.15, 0.2) is 11.0 Å². The minimum atomic E-state index is -0.380.